The zero-order chi connectivity index (χ0) is 27.8. The summed E-state index contributed by atoms with van der Waals surface area (Å²) in [6.07, 6.45) is 0. The Kier molecular flexibility index (Phi) is 9.61. The van der Waals surface area contributed by atoms with Crippen LogP contribution < -0.4 is 14.8 Å². The molecule has 4 aromatic rings. The molecule has 0 saturated heterocycles. The van der Waals surface area contributed by atoms with Crippen LogP contribution in [0.1, 0.15) is 29.2 Å². The van der Waals surface area contributed by atoms with E-state index in [9.17, 15) is 15.2 Å². The van der Waals surface area contributed by atoms with Crippen molar-refractivity contribution in [3.63, 3.8) is 0 Å². The third-order valence-electron chi connectivity index (χ3n) is 6.08. The van der Waals surface area contributed by atoms with Crippen molar-refractivity contribution in [2.75, 3.05) is 0 Å². The molecule has 0 aliphatic rings. The SMILES string of the molecule is C[C@H](NCc1cc(Cl)c(OCc2cccc(-c3ccccc3)c2Br)cc1OCc1cccc(C#N)c1)C(=O)O. The summed E-state index contributed by atoms with van der Waals surface area (Å²) in [4.78, 5) is 11.3. The average Bonchev–Trinajstić information content (AvgIpc) is 2.95. The normalized spacial score (nSPS) is 11.4. The second kappa shape index (κ2) is 13.3. The number of aliphatic carboxylic acids is 1. The number of nitrogens with zero attached hydrogens (tertiary/aromatic N) is 1. The van der Waals surface area contributed by atoms with E-state index in [0.29, 0.717) is 27.6 Å². The number of benzene rings is 4. The summed E-state index contributed by atoms with van der Waals surface area (Å²) in [5.41, 5.74) is 5.14. The van der Waals surface area contributed by atoms with Crippen molar-refractivity contribution in [1.29, 1.82) is 5.26 Å². The highest BCUT2D eigenvalue weighted by Crippen LogP contribution is 2.36. The molecule has 0 aliphatic heterocycles. The molecule has 0 bridgehead atoms. The van der Waals surface area contributed by atoms with E-state index in [1.165, 1.54) is 0 Å². The van der Waals surface area contributed by atoms with Crippen LogP contribution in [0, 0.1) is 11.3 Å². The van der Waals surface area contributed by atoms with Crippen molar-refractivity contribution in [3.8, 4) is 28.7 Å². The molecule has 198 valence electrons. The first-order chi connectivity index (χ1) is 18.9. The molecule has 0 spiro atoms. The van der Waals surface area contributed by atoms with Crippen molar-refractivity contribution >= 4 is 33.5 Å². The Morgan fingerprint density at radius 1 is 0.974 bits per heavy atom. The van der Waals surface area contributed by atoms with Crippen molar-refractivity contribution in [3.05, 3.63) is 117 Å². The smallest absolute Gasteiger partial charge is 0.320 e. The van der Waals surface area contributed by atoms with Gasteiger partial charge in [-0.1, -0.05) is 72.3 Å². The first kappa shape index (κ1) is 28.2. The standard InChI is InChI=1S/C31H26BrClN2O4/c1-20(31(36)37)35-17-25-14-27(33)29(15-28(25)38-18-22-8-5-7-21(13-22)16-34)39-19-24-11-6-12-26(30(24)32)23-9-3-2-4-10-23/h2-15,20,35H,17-19H2,1H3,(H,36,37)/t20-/m0/s1. The zero-order valence-electron chi connectivity index (χ0n) is 21.2. The highest BCUT2D eigenvalue weighted by Gasteiger charge is 2.16. The van der Waals surface area contributed by atoms with Gasteiger partial charge in [-0.05, 0) is 57.7 Å². The minimum absolute atomic E-state index is 0.211. The van der Waals surface area contributed by atoms with E-state index < -0.39 is 12.0 Å². The third-order valence-corrected chi connectivity index (χ3v) is 7.31. The number of hydrogen-bond acceptors (Lipinski definition) is 5. The molecule has 0 aliphatic carbocycles. The second-order valence-corrected chi connectivity index (χ2v) is 10.1. The largest absolute Gasteiger partial charge is 0.488 e. The van der Waals surface area contributed by atoms with Crippen LogP contribution in [0.25, 0.3) is 11.1 Å². The lowest BCUT2D eigenvalue weighted by atomic mass is 10.0. The Balaban J connectivity index is 1.57. The van der Waals surface area contributed by atoms with E-state index in [1.807, 2.05) is 42.5 Å². The van der Waals surface area contributed by atoms with E-state index in [1.54, 1.807) is 37.3 Å². The van der Waals surface area contributed by atoms with Crippen molar-refractivity contribution in [2.45, 2.75) is 32.7 Å². The van der Waals surface area contributed by atoms with Gasteiger partial charge in [-0.2, -0.15) is 5.26 Å². The monoisotopic (exact) mass is 604 g/mol. The molecule has 1 atom stereocenters. The number of carboxylic acids is 1. The Bertz CT molecular complexity index is 1500. The summed E-state index contributed by atoms with van der Waals surface area (Å²) in [6, 6.07) is 28.0. The Morgan fingerprint density at radius 3 is 2.46 bits per heavy atom. The molecule has 0 fully saturated rings. The Morgan fingerprint density at radius 2 is 1.72 bits per heavy atom. The maximum Gasteiger partial charge on any atom is 0.320 e. The van der Waals surface area contributed by atoms with Gasteiger partial charge in [0.05, 0.1) is 16.7 Å². The van der Waals surface area contributed by atoms with Crippen LogP contribution in [0.5, 0.6) is 11.5 Å². The van der Waals surface area contributed by atoms with Gasteiger partial charge in [0.1, 0.15) is 30.8 Å². The van der Waals surface area contributed by atoms with Crippen molar-refractivity contribution in [1.82, 2.24) is 5.32 Å². The summed E-state index contributed by atoms with van der Waals surface area (Å²) >= 11 is 10.3. The molecular weight excluding hydrogens is 580 g/mol. The van der Waals surface area contributed by atoms with Crippen LogP contribution in [0.2, 0.25) is 5.02 Å². The van der Waals surface area contributed by atoms with Gasteiger partial charge in [-0.15, -0.1) is 0 Å². The molecule has 0 heterocycles. The van der Waals surface area contributed by atoms with Crippen LogP contribution in [0.4, 0.5) is 0 Å². The molecular formula is C31H26BrClN2O4. The summed E-state index contributed by atoms with van der Waals surface area (Å²) in [7, 11) is 0. The van der Waals surface area contributed by atoms with E-state index in [4.69, 9.17) is 21.1 Å². The molecule has 39 heavy (non-hydrogen) atoms. The number of hydrogen-bond donors (Lipinski definition) is 2. The minimum Gasteiger partial charge on any atom is -0.488 e. The fourth-order valence-electron chi connectivity index (χ4n) is 3.89. The van der Waals surface area contributed by atoms with E-state index in [0.717, 1.165) is 26.7 Å². The van der Waals surface area contributed by atoms with Crippen molar-refractivity contribution in [2.24, 2.45) is 0 Å². The summed E-state index contributed by atoms with van der Waals surface area (Å²) in [5, 5.41) is 21.8. The van der Waals surface area contributed by atoms with Gasteiger partial charge in [0.25, 0.3) is 0 Å². The van der Waals surface area contributed by atoms with Crippen LogP contribution in [-0.4, -0.2) is 17.1 Å². The lowest BCUT2D eigenvalue weighted by Crippen LogP contribution is -2.33. The maximum atomic E-state index is 11.3. The quantitative estimate of drug-likeness (QED) is 0.186. The van der Waals surface area contributed by atoms with Gasteiger partial charge in [0.2, 0.25) is 0 Å². The van der Waals surface area contributed by atoms with Gasteiger partial charge in [-0.3, -0.25) is 4.79 Å². The summed E-state index contributed by atoms with van der Waals surface area (Å²) < 4.78 is 13.2. The molecule has 0 aromatic heterocycles. The first-order valence-electron chi connectivity index (χ1n) is 12.2. The van der Waals surface area contributed by atoms with Crippen LogP contribution >= 0.6 is 27.5 Å². The predicted molar refractivity (Wildman–Crippen MR) is 155 cm³/mol. The van der Waals surface area contributed by atoms with Crippen LogP contribution in [0.15, 0.2) is 89.4 Å². The number of carbonyl (C=O) groups is 1. The third kappa shape index (κ3) is 7.39. The molecule has 4 rings (SSSR count). The highest BCUT2D eigenvalue weighted by atomic mass is 79.9. The van der Waals surface area contributed by atoms with E-state index in [2.05, 4.69) is 39.4 Å². The molecule has 0 radical (unpaired) electrons. The molecule has 2 N–H and O–H groups in total. The highest BCUT2D eigenvalue weighted by molar-refractivity contribution is 9.10. The fraction of sp³-hybridized carbons (Fsp3) is 0.161. The predicted octanol–water partition coefficient (Wildman–Crippen LogP) is 7.36. The number of halogens is 2. The number of carboxylic acid groups (broad SMARTS) is 1. The van der Waals surface area contributed by atoms with Gasteiger partial charge >= 0.3 is 5.97 Å². The molecule has 0 amide bonds. The minimum atomic E-state index is -0.958. The molecule has 0 saturated carbocycles. The topological polar surface area (TPSA) is 91.6 Å². The van der Waals surface area contributed by atoms with Gasteiger partial charge in [0, 0.05) is 28.2 Å². The first-order valence-corrected chi connectivity index (χ1v) is 13.4. The Hall–Kier alpha value is -3.83. The molecule has 8 heteroatoms. The average molecular weight is 606 g/mol. The second-order valence-electron chi connectivity index (χ2n) is 8.87. The van der Waals surface area contributed by atoms with Gasteiger partial charge < -0.3 is 19.9 Å². The summed E-state index contributed by atoms with van der Waals surface area (Å²) in [6.45, 7) is 2.27. The molecule has 6 nitrogen and oxygen atoms in total. The maximum absolute atomic E-state index is 11.3. The van der Waals surface area contributed by atoms with Crippen molar-refractivity contribution < 1.29 is 19.4 Å². The van der Waals surface area contributed by atoms with Gasteiger partial charge in [-0.25, -0.2) is 0 Å². The lowest BCUT2D eigenvalue weighted by molar-refractivity contribution is -0.139. The van der Waals surface area contributed by atoms with E-state index in [-0.39, 0.29) is 19.8 Å². The number of ether oxygens (including phenoxy) is 2. The number of nitriles is 1. The fourth-order valence-corrected chi connectivity index (χ4v) is 4.74. The van der Waals surface area contributed by atoms with Crippen LogP contribution in [-0.2, 0) is 24.6 Å². The Labute approximate surface area is 240 Å². The molecule has 0 unspecified atom stereocenters. The lowest BCUT2D eigenvalue weighted by Gasteiger charge is -2.18. The summed E-state index contributed by atoms with van der Waals surface area (Å²) in [5.74, 6) is -0.0245. The number of rotatable bonds is 11. The zero-order valence-corrected chi connectivity index (χ0v) is 23.5. The number of nitrogens with one attached hydrogen (secondary N) is 1. The van der Waals surface area contributed by atoms with Gasteiger partial charge in [0.15, 0.2) is 0 Å². The molecule has 4 aromatic carbocycles. The van der Waals surface area contributed by atoms with E-state index >= 15 is 0 Å². The van der Waals surface area contributed by atoms with Crippen LogP contribution in [0.3, 0.4) is 0 Å².